The van der Waals surface area contributed by atoms with Crippen LogP contribution in [0.15, 0.2) is 42.5 Å². The third-order valence-electron chi connectivity index (χ3n) is 5.69. The van der Waals surface area contributed by atoms with Crippen LogP contribution in [0.2, 0.25) is 0 Å². The Morgan fingerprint density at radius 1 is 1.00 bits per heavy atom. The minimum Gasteiger partial charge on any atom is -0.497 e. The maximum absolute atomic E-state index is 13.4. The van der Waals surface area contributed by atoms with Crippen molar-refractivity contribution in [2.75, 3.05) is 41.6 Å². The Bertz CT molecular complexity index is 1110. The van der Waals surface area contributed by atoms with Gasteiger partial charge < -0.3 is 23.8 Å². The third kappa shape index (κ3) is 3.78. The predicted molar refractivity (Wildman–Crippen MR) is 119 cm³/mol. The lowest BCUT2D eigenvalue weighted by atomic mass is 9.95. The molecule has 1 unspecified atom stereocenters. The minimum absolute atomic E-state index is 0.104. The molecule has 32 heavy (non-hydrogen) atoms. The summed E-state index contributed by atoms with van der Waals surface area (Å²) in [5, 5.41) is 7.49. The number of hydrogen-bond donors (Lipinski definition) is 1. The summed E-state index contributed by atoms with van der Waals surface area (Å²) < 4.78 is 21.8. The third-order valence-corrected chi connectivity index (χ3v) is 5.69. The summed E-state index contributed by atoms with van der Waals surface area (Å²) in [6, 6.07) is 12.9. The second-order valence-electron chi connectivity index (χ2n) is 7.45. The number of amides is 1. The van der Waals surface area contributed by atoms with Crippen molar-refractivity contribution in [1.29, 1.82) is 0 Å². The minimum atomic E-state index is -0.389. The van der Waals surface area contributed by atoms with Gasteiger partial charge in [-0.25, -0.2) is 0 Å². The largest absolute Gasteiger partial charge is 0.497 e. The van der Waals surface area contributed by atoms with Crippen LogP contribution in [0.4, 0.5) is 0 Å². The van der Waals surface area contributed by atoms with E-state index in [-0.39, 0.29) is 11.9 Å². The van der Waals surface area contributed by atoms with Gasteiger partial charge in [0.1, 0.15) is 22.9 Å². The van der Waals surface area contributed by atoms with Crippen LogP contribution < -0.4 is 14.2 Å². The van der Waals surface area contributed by atoms with E-state index in [4.69, 9.17) is 18.9 Å². The number of nitrogens with one attached hydrogen (secondary N) is 1. The van der Waals surface area contributed by atoms with Crippen molar-refractivity contribution in [3.05, 3.63) is 59.3 Å². The molecule has 0 saturated carbocycles. The van der Waals surface area contributed by atoms with Gasteiger partial charge in [-0.1, -0.05) is 12.1 Å². The summed E-state index contributed by atoms with van der Waals surface area (Å²) in [6.45, 7) is 1.08. The van der Waals surface area contributed by atoms with E-state index in [1.54, 1.807) is 28.4 Å². The maximum atomic E-state index is 13.4. The molecule has 0 saturated heterocycles. The summed E-state index contributed by atoms with van der Waals surface area (Å²) in [5.74, 6) is 1.97. The number of carbonyl (C=O) groups excluding carboxylic acids is 1. The molecule has 1 N–H and O–H groups in total. The van der Waals surface area contributed by atoms with E-state index < -0.39 is 0 Å². The number of H-pyrrole nitrogens is 1. The number of carbonyl (C=O) groups is 1. The van der Waals surface area contributed by atoms with Gasteiger partial charge in [0.05, 0.1) is 33.1 Å². The molecule has 168 valence electrons. The highest BCUT2D eigenvalue weighted by Gasteiger charge is 2.43. The lowest BCUT2D eigenvalue weighted by Crippen LogP contribution is -2.31. The van der Waals surface area contributed by atoms with Crippen molar-refractivity contribution < 1.29 is 23.7 Å². The first-order valence-corrected chi connectivity index (χ1v) is 10.4. The second-order valence-corrected chi connectivity index (χ2v) is 7.45. The molecule has 1 aliphatic heterocycles. The maximum Gasteiger partial charge on any atom is 0.273 e. The van der Waals surface area contributed by atoms with E-state index >= 15 is 0 Å². The first-order valence-electron chi connectivity index (χ1n) is 10.4. The summed E-state index contributed by atoms with van der Waals surface area (Å²) in [4.78, 5) is 15.2. The van der Waals surface area contributed by atoms with Crippen molar-refractivity contribution in [1.82, 2.24) is 15.1 Å². The van der Waals surface area contributed by atoms with Gasteiger partial charge in [-0.3, -0.25) is 9.89 Å². The van der Waals surface area contributed by atoms with Gasteiger partial charge in [0.15, 0.2) is 0 Å². The molecule has 4 rings (SSSR count). The number of rotatable bonds is 9. The van der Waals surface area contributed by atoms with Crippen LogP contribution in [0.25, 0.3) is 11.3 Å². The summed E-state index contributed by atoms with van der Waals surface area (Å²) in [6.07, 6.45) is 0.706. The van der Waals surface area contributed by atoms with Crippen LogP contribution in [0, 0.1) is 0 Å². The van der Waals surface area contributed by atoms with E-state index in [2.05, 4.69) is 10.2 Å². The lowest BCUT2D eigenvalue weighted by Gasteiger charge is -2.27. The molecule has 1 aliphatic rings. The molecule has 0 aliphatic carbocycles. The van der Waals surface area contributed by atoms with Crippen LogP contribution >= 0.6 is 0 Å². The normalized spacial score (nSPS) is 15.1. The van der Waals surface area contributed by atoms with Gasteiger partial charge in [0, 0.05) is 37.0 Å². The molecule has 3 aromatic rings. The van der Waals surface area contributed by atoms with Gasteiger partial charge in [0.25, 0.3) is 5.91 Å². The molecule has 0 bridgehead atoms. The topological polar surface area (TPSA) is 85.9 Å². The highest BCUT2D eigenvalue weighted by atomic mass is 16.5. The van der Waals surface area contributed by atoms with Crippen LogP contribution in [0.1, 0.15) is 34.1 Å². The van der Waals surface area contributed by atoms with Crippen molar-refractivity contribution in [3.8, 4) is 28.5 Å². The van der Waals surface area contributed by atoms with E-state index in [1.807, 2.05) is 47.4 Å². The van der Waals surface area contributed by atoms with Crippen molar-refractivity contribution in [2.45, 2.75) is 12.5 Å². The molecule has 1 aromatic heterocycles. The smallest absolute Gasteiger partial charge is 0.273 e. The van der Waals surface area contributed by atoms with Crippen LogP contribution in [-0.2, 0) is 4.74 Å². The van der Waals surface area contributed by atoms with E-state index in [0.29, 0.717) is 42.5 Å². The molecule has 0 radical (unpaired) electrons. The monoisotopic (exact) mass is 437 g/mol. The zero-order valence-electron chi connectivity index (χ0n) is 18.7. The van der Waals surface area contributed by atoms with Gasteiger partial charge in [-0.05, 0) is 36.8 Å². The number of aromatic nitrogens is 2. The number of hydrogen-bond acceptors (Lipinski definition) is 6. The Morgan fingerprint density at radius 2 is 1.78 bits per heavy atom. The van der Waals surface area contributed by atoms with Crippen molar-refractivity contribution in [2.24, 2.45) is 0 Å². The number of fused-ring (bicyclic) bond motifs is 1. The Kier molecular flexibility index (Phi) is 6.32. The Morgan fingerprint density at radius 3 is 2.50 bits per heavy atom. The van der Waals surface area contributed by atoms with Crippen LogP contribution in [-0.4, -0.2) is 62.6 Å². The van der Waals surface area contributed by atoms with Gasteiger partial charge in [-0.15, -0.1) is 0 Å². The van der Waals surface area contributed by atoms with E-state index in [0.717, 1.165) is 22.4 Å². The number of methoxy groups -OCH3 is 4. The molecule has 0 fully saturated rings. The van der Waals surface area contributed by atoms with E-state index in [9.17, 15) is 4.79 Å². The fourth-order valence-electron chi connectivity index (χ4n) is 4.17. The highest BCUT2D eigenvalue weighted by molar-refractivity contribution is 6.00. The van der Waals surface area contributed by atoms with Crippen LogP contribution in [0.3, 0.4) is 0 Å². The quantitative estimate of drug-likeness (QED) is 0.514. The Balaban J connectivity index is 1.88. The number of ether oxygens (including phenoxy) is 4. The first-order chi connectivity index (χ1) is 15.6. The molecule has 1 atom stereocenters. The number of benzene rings is 2. The fraction of sp³-hybridized carbons (Fsp3) is 0.333. The zero-order valence-corrected chi connectivity index (χ0v) is 18.7. The molecule has 2 heterocycles. The Hall–Kier alpha value is -3.52. The first kappa shape index (κ1) is 21.7. The van der Waals surface area contributed by atoms with Gasteiger partial charge in [-0.2, -0.15) is 5.10 Å². The molecule has 0 spiro atoms. The Labute approximate surface area is 187 Å². The molecule has 2 aromatic carbocycles. The number of aromatic amines is 1. The molecule has 8 heteroatoms. The van der Waals surface area contributed by atoms with Crippen LogP contribution in [0.5, 0.6) is 17.2 Å². The van der Waals surface area contributed by atoms with Crippen molar-refractivity contribution >= 4 is 5.91 Å². The molecular weight excluding hydrogens is 410 g/mol. The highest BCUT2D eigenvalue weighted by Crippen LogP contribution is 2.46. The molecule has 1 amide bonds. The van der Waals surface area contributed by atoms with Gasteiger partial charge >= 0.3 is 0 Å². The molecule has 8 nitrogen and oxygen atoms in total. The molecular formula is C24H27N3O5. The lowest BCUT2D eigenvalue weighted by molar-refractivity contribution is 0.0721. The average molecular weight is 437 g/mol. The van der Waals surface area contributed by atoms with Crippen molar-refractivity contribution in [3.63, 3.8) is 0 Å². The predicted octanol–water partition coefficient (Wildman–Crippen LogP) is 3.68. The number of nitrogens with zero attached hydrogens (tertiary/aromatic N) is 2. The summed E-state index contributed by atoms with van der Waals surface area (Å²) in [5.41, 5.74) is 3.70. The average Bonchev–Trinajstić information content (AvgIpc) is 3.38. The summed E-state index contributed by atoms with van der Waals surface area (Å²) >= 11 is 0. The summed E-state index contributed by atoms with van der Waals surface area (Å²) in [7, 11) is 6.52. The van der Waals surface area contributed by atoms with Gasteiger partial charge in [0.2, 0.25) is 0 Å². The SMILES string of the molecule is COCCCN1C(=O)c2[nH]nc(-c3cccc(OC)c3)c2C1c1cc(OC)ccc1OC. The zero-order chi connectivity index (χ0) is 22.7. The fourth-order valence-corrected chi connectivity index (χ4v) is 4.17. The van der Waals surface area contributed by atoms with E-state index in [1.165, 1.54) is 0 Å². The second kappa shape index (κ2) is 9.32. The standard InChI is InChI=1S/C24H27N3O5/c1-29-12-6-11-27-23(18-14-17(31-3)9-10-19(18)32-4)20-21(25-26-22(20)24(27)28)15-7-5-8-16(13-15)30-2/h5,7-10,13-14,23H,6,11-12H2,1-4H3,(H,25,26).